The van der Waals surface area contributed by atoms with Crippen LogP contribution in [-0.4, -0.2) is 12.5 Å². The van der Waals surface area contributed by atoms with E-state index >= 15 is 0 Å². The summed E-state index contributed by atoms with van der Waals surface area (Å²) in [4.78, 5) is 12.0. The van der Waals surface area contributed by atoms with Gasteiger partial charge in [0.1, 0.15) is 5.75 Å². The minimum atomic E-state index is -0.225. The number of anilines is 2. The molecule has 0 aromatic heterocycles. The zero-order valence-corrected chi connectivity index (χ0v) is 14.2. The van der Waals surface area contributed by atoms with Gasteiger partial charge in [-0.3, -0.25) is 4.79 Å². The van der Waals surface area contributed by atoms with Gasteiger partial charge >= 0.3 is 0 Å². The van der Waals surface area contributed by atoms with Gasteiger partial charge in [-0.1, -0.05) is 44.2 Å². The molecular weight excluding hydrogens is 312 g/mol. The molecule has 0 heterocycles. The van der Waals surface area contributed by atoms with Crippen molar-refractivity contribution >= 4 is 29.7 Å². The fourth-order valence-corrected chi connectivity index (χ4v) is 2.18. The second kappa shape index (κ2) is 9.06. The molecule has 2 aromatic rings. The molecule has 124 valence electrons. The van der Waals surface area contributed by atoms with E-state index < -0.39 is 0 Å². The first-order valence-electron chi connectivity index (χ1n) is 7.48. The smallest absolute Gasteiger partial charge is 0.262 e. The molecule has 5 heteroatoms. The number of hydrogen-bond acceptors (Lipinski definition) is 3. The molecule has 2 rings (SSSR count). The Bertz CT molecular complexity index is 646. The molecule has 23 heavy (non-hydrogen) atoms. The molecule has 0 saturated heterocycles. The Hall–Kier alpha value is -2.20. The van der Waals surface area contributed by atoms with Crippen LogP contribution in [0.3, 0.4) is 0 Å². The monoisotopic (exact) mass is 334 g/mol. The van der Waals surface area contributed by atoms with Crippen molar-refractivity contribution in [3.63, 3.8) is 0 Å². The molecule has 0 bridgehead atoms. The Kier molecular flexibility index (Phi) is 7.42. The van der Waals surface area contributed by atoms with Crippen molar-refractivity contribution in [3.05, 3.63) is 54.1 Å². The van der Waals surface area contributed by atoms with E-state index in [9.17, 15) is 4.79 Å². The van der Waals surface area contributed by atoms with E-state index in [2.05, 4.69) is 19.2 Å². The number of para-hydroxylation sites is 3. The normalized spacial score (nSPS) is 11.2. The molecule has 2 aromatic carbocycles. The Morgan fingerprint density at radius 2 is 1.83 bits per heavy atom. The van der Waals surface area contributed by atoms with Crippen LogP contribution >= 0.6 is 12.4 Å². The maximum Gasteiger partial charge on any atom is 0.262 e. The second-order valence-corrected chi connectivity index (χ2v) is 5.27. The lowest BCUT2D eigenvalue weighted by Gasteiger charge is -2.15. The van der Waals surface area contributed by atoms with E-state index in [1.54, 1.807) is 12.1 Å². The summed E-state index contributed by atoms with van der Waals surface area (Å²) in [6.07, 6.45) is 1.02. The van der Waals surface area contributed by atoms with Gasteiger partial charge in [0.15, 0.2) is 6.61 Å². The number of nitrogens with one attached hydrogen (secondary N) is 1. The van der Waals surface area contributed by atoms with Crippen LogP contribution < -0.4 is 15.8 Å². The van der Waals surface area contributed by atoms with Crippen molar-refractivity contribution in [1.29, 1.82) is 0 Å². The lowest BCUT2D eigenvalue weighted by Crippen LogP contribution is -2.21. The minimum absolute atomic E-state index is 0. The number of hydrogen-bond donors (Lipinski definition) is 2. The summed E-state index contributed by atoms with van der Waals surface area (Å²) < 4.78 is 5.68. The molecule has 4 nitrogen and oxygen atoms in total. The molecule has 0 aliphatic heterocycles. The van der Waals surface area contributed by atoms with E-state index in [1.807, 2.05) is 36.4 Å². The first-order chi connectivity index (χ1) is 10.6. The van der Waals surface area contributed by atoms with Crippen LogP contribution in [0.4, 0.5) is 11.4 Å². The summed E-state index contributed by atoms with van der Waals surface area (Å²) in [6, 6.07) is 15.0. The van der Waals surface area contributed by atoms with Gasteiger partial charge in [-0.2, -0.15) is 0 Å². The quantitative estimate of drug-likeness (QED) is 0.777. The molecule has 1 amide bonds. The average molecular weight is 335 g/mol. The summed E-state index contributed by atoms with van der Waals surface area (Å²) in [6.45, 7) is 4.24. The highest BCUT2D eigenvalue weighted by Gasteiger charge is 2.11. The van der Waals surface area contributed by atoms with Crippen LogP contribution in [-0.2, 0) is 4.79 Å². The first-order valence-corrected chi connectivity index (χ1v) is 7.48. The van der Waals surface area contributed by atoms with E-state index in [0.29, 0.717) is 17.3 Å². The average Bonchev–Trinajstić information content (AvgIpc) is 2.54. The van der Waals surface area contributed by atoms with Crippen LogP contribution in [0.1, 0.15) is 31.7 Å². The van der Waals surface area contributed by atoms with E-state index in [0.717, 1.165) is 17.7 Å². The SMILES string of the molecule is CCC(C)c1ccccc1OCC(=O)Nc1ccccc1N.Cl. The van der Waals surface area contributed by atoms with Crippen molar-refractivity contribution in [3.8, 4) is 5.75 Å². The molecule has 0 aliphatic rings. The number of ether oxygens (including phenoxy) is 1. The lowest BCUT2D eigenvalue weighted by atomic mass is 9.98. The van der Waals surface area contributed by atoms with Crippen LogP contribution in [0.2, 0.25) is 0 Å². The van der Waals surface area contributed by atoms with Crippen LogP contribution in [0, 0.1) is 0 Å². The third kappa shape index (κ3) is 5.18. The standard InChI is InChI=1S/C18H22N2O2.ClH/c1-3-13(2)14-8-4-7-11-17(14)22-12-18(21)20-16-10-6-5-9-15(16)19;/h4-11,13H,3,12,19H2,1-2H3,(H,20,21);1H. The zero-order valence-electron chi connectivity index (χ0n) is 13.4. The predicted molar refractivity (Wildman–Crippen MR) is 97.4 cm³/mol. The van der Waals surface area contributed by atoms with Crippen molar-refractivity contribution in [1.82, 2.24) is 0 Å². The molecule has 1 atom stereocenters. The molecular formula is C18H23ClN2O2. The second-order valence-electron chi connectivity index (χ2n) is 5.27. The first kappa shape index (κ1) is 18.8. The largest absolute Gasteiger partial charge is 0.483 e. The van der Waals surface area contributed by atoms with E-state index in [4.69, 9.17) is 10.5 Å². The van der Waals surface area contributed by atoms with Crippen LogP contribution in [0.5, 0.6) is 5.75 Å². The highest BCUT2D eigenvalue weighted by atomic mass is 35.5. The molecule has 3 N–H and O–H groups in total. The highest BCUT2D eigenvalue weighted by molar-refractivity contribution is 5.94. The van der Waals surface area contributed by atoms with E-state index in [1.165, 1.54) is 0 Å². The number of benzene rings is 2. The maximum atomic E-state index is 12.0. The highest BCUT2D eigenvalue weighted by Crippen LogP contribution is 2.28. The number of carbonyl (C=O) groups excluding carboxylic acids is 1. The van der Waals surface area contributed by atoms with Crippen molar-refractivity contribution < 1.29 is 9.53 Å². The number of rotatable bonds is 6. The fraction of sp³-hybridized carbons (Fsp3) is 0.278. The predicted octanol–water partition coefficient (Wildman–Crippen LogP) is 4.22. The number of nitrogen functional groups attached to an aromatic ring is 1. The third-order valence-electron chi connectivity index (χ3n) is 3.66. The topological polar surface area (TPSA) is 64.3 Å². The Labute approximate surface area is 143 Å². The molecule has 0 spiro atoms. The summed E-state index contributed by atoms with van der Waals surface area (Å²) in [5.41, 5.74) is 8.07. The number of amides is 1. The maximum absolute atomic E-state index is 12.0. The van der Waals surface area contributed by atoms with Gasteiger partial charge in [0.2, 0.25) is 0 Å². The van der Waals surface area contributed by atoms with Gasteiger partial charge in [-0.05, 0) is 36.1 Å². The lowest BCUT2D eigenvalue weighted by molar-refractivity contribution is -0.118. The molecule has 0 saturated carbocycles. The molecule has 1 unspecified atom stereocenters. The molecule has 0 radical (unpaired) electrons. The van der Waals surface area contributed by atoms with Crippen molar-refractivity contribution in [2.24, 2.45) is 0 Å². The fourth-order valence-electron chi connectivity index (χ4n) is 2.18. The zero-order chi connectivity index (χ0) is 15.9. The number of nitrogens with two attached hydrogens (primary N) is 1. The van der Waals surface area contributed by atoms with Crippen molar-refractivity contribution in [2.75, 3.05) is 17.7 Å². The summed E-state index contributed by atoms with van der Waals surface area (Å²) in [5, 5.41) is 2.75. The minimum Gasteiger partial charge on any atom is -0.483 e. The summed E-state index contributed by atoms with van der Waals surface area (Å²) >= 11 is 0. The molecule has 0 fully saturated rings. The van der Waals surface area contributed by atoms with Crippen LogP contribution in [0.25, 0.3) is 0 Å². The van der Waals surface area contributed by atoms with Crippen LogP contribution in [0.15, 0.2) is 48.5 Å². The Morgan fingerprint density at radius 1 is 1.17 bits per heavy atom. The van der Waals surface area contributed by atoms with Gasteiger partial charge in [0.05, 0.1) is 11.4 Å². The number of halogens is 1. The van der Waals surface area contributed by atoms with Crippen molar-refractivity contribution in [2.45, 2.75) is 26.2 Å². The Morgan fingerprint density at radius 3 is 2.52 bits per heavy atom. The van der Waals surface area contributed by atoms with Gasteiger partial charge in [0.25, 0.3) is 5.91 Å². The summed E-state index contributed by atoms with van der Waals surface area (Å²) in [5.74, 6) is 0.925. The van der Waals surface area contributed by atoms with Gasteiger partial charge < -0.3 is 15.8 Å². The van der Waals surface area contributed by atoms with E-state index in [-0.39, 0.29) is 24.9 Å². The van der Waals surface area contributed by atoms with Gasteiger partial charge in [-0.15, -0.1) is 12.4 Å². The third-order valence-corrected chi connectivity index (χ3v) is 3.66. The summed E-state index contributed by atoms with van der Waals surface area (Å²) in [7, 11) is 0. The number of carbonyl (C=O) groups is 1. The Balaban J connectivity index is 0.00000264. The van der Waals surface area contributed by atoms with Gasteiger partial charge in [0, 0.05) is 0 Å². The van der Waals surface area contributed by atoms with Gasteiger partial charge in [-0.25, -0.2) is 0 Å². The molecule has 0 aliphatic carbocycles.